The van der Waals surface area contributed by atoms with Crippen molar-refractivity contribution in [3.63, 3.8) is 0 Å². The molecule has 1 unspecified atom stereocenters. The van der Waals surface area contributed by atoms with Gasteiger partial charge in [-0.2, -0.15) is 4.99 Å². The summed E-state index contributed by atoms with van der Waals surface area (Å²) in [4.78, 5) is 19.1. The number of hydrogen-bond donors (Lipinski definition) is 4. The van der Waals surface area contributed by atoms with Gasteiger partial charge in [0, 0.05) is 23.0 Å². The van der Waals surface area contributed by atoms with Gasteiger partial charge < -0.3 is 34.6 Å². The van der Waals surface area contributed by atoms with Gasteiger partial charge in [0.1, 0.15) is 5.57 Å². The Hall–Kier alpha value is -4.23. The average molecular weight is 555 g/mol. The largest absolute Gasteiger partial charge is 0.493 e. The quantitative estimate of drug-likeness (QED) is 0.309. The molecular weight excluding hydrogens is 524 g/mol. The molecule has 1 aliphatic heterocycles. The number of ether oxygens (including phenoxy) is 3. The highest BCUT2D eigenvalue weighted by Crippen LogP contribution is 2.39. The summed E-state index contributed by atoms with van der Waals surface area (Å²) in [5.74, 6) is 0.0755. The first kappa shape index (κ1) is 27.8. The van der Waals surface area contributed by atoms with E-state index in [1.54, 1.807) is 42.6 Å². The number of methoxy groups -OCH3 is 3. The molecule has 1 amide bonds. The minimum Gasteiger partial charge on any atom is -0.493 e. The lowest BCUT2D eigenvalue weighted by Gasteiger charge is -2.35. The molecule has 4 N–H and O–H groups in total. The van der Waals surface area contributed by atoms with Gasteiger partial charge in [-0.1, -0.05) is 43.0 Å². The number of nitrogens with zero attached hydrogens (tertiary/aromatic N) is 4. The van der Waals surface area contributed by atoms with Crippen molar-refractivity contribution in [2.45, 2.75) is 31.9 Å². The van der Waals surface area contributed by atoms with Crippen LogP contribution < -0.4 is 19.5 Å². The number of nitrogens with one attached hydrogen (secondary N) is 2. The number of carbonyl (C=O) groups is 1. The summed E-state index contributed by atoms with van der Waals surface area (Å²) in [7, 11) is 4.54. The number of aliphatic imine (C=N–C) groups is 1. The number of aliphatic hydroxyl groups excluding tert-OH is 2. The van der Waals surface area contributed by atoms with Crippen LogP contribution in [0.3, 0.4) is 0 Å². The Morgan fingerprint density at radius 2 is 1.79 bits per heavy atom. The molecule has 4 rings (SSSR count). The number of hydrogen-bond acceptors (Lipinski definition) is 11. The van der Waals surface area contributed by atoms with Crippen LogP contribution in [-0.2, 0) is 11.3 Å². The van der Waals surface area contributed by atoms with Crippen molar-refractivity contribution in [3.8, 4) is 28.5 Å². The predicted molar refractivity (Wildman–Crippen MR) is 148 cm³/mol. The summed E-state index contributed by atoms with van der Waals surface area (Å²) >= 11 is 1.35. The first-order valence-electron chi connectivity index (χ1n) is 12.0. The lowest BCUT2D eigenvalue weighted by Crippen LogP contribution is -2.45. The van der Waals surface area contributed by atoms with E-state index < -0.39 is 18.0 Å². The standard InChI is InChI=1S/C26H30N6O6S/c1-14(2)39-26-29-24(34)21(23(33)28-17-8-6-16(7-9-17)18-12-27-31-30-18)25(35)32(26)13-15-10-19(36-3)22(38-5)20(11-15)37-4/h6-12,14,25,34-35H,13H2,1-5H3,(H,28,33)(H,27,30,31). The highest BCUT2D eigenvalue weighted by molar-refractivity contribution is 8.14. The molecule has 0 fully saturated rings. The van der Waals surface area contributed by atoms with E-state index in [1.165, 1.54) is 38.0 Å². The molecule has 2 heterocycles. The van der Waals surface area contributed by atoms with Crippen molar-refractivity contribution >= 4 is 28.5 Å². The van der Waals surface area contributed by atoms with Crippen LogP contribution in [0, 0.1) is 0 Å². The maximum atomic E-state index is 13.2. The number of H-pyrrole nitrogens is 1. The van der Waals surface area contributed by atoms with Gasteiger partial charge in [-0.15, -0.1) is 5.10 Å². The lowest BCUT2D eigenvalue weighted by atomic mass is 10.1. The van der Waals surface area contributed by atoms with Crippen LogP contribution in [0.15, 0.2) is 59.0 Å². The molecule has 3 aromatic rings. The van der Waals surface area contributed by atoms with Crippen molar-refractivity contribution in [1.29, 1.82) is 0 Å². The van der Waals surface area contributed by atoms with E-state index in [2.05, 4.69) is 25.7 Å². The van der Waals surface area contributed by atoms with Crippen LogP contribution >= 0.6 is 11.8 Å². The van der Waals surface area contributed by atoms with E-state index in [4.69, 9.17) is 14.2 Å². The third kappa shape index (κ3) is 6.10. The minimum atomic E-state index is -1.49. The van der Waals surface area contributed by atoms with Crippen molar-refractivity contribution in [3.05, 3.63) is 59.6 Å². The Kier molecular flexibility index (Phi) is 8.62. The second-order valence-electron chi connectivity index (χ2n) is 8.73. The molecule has 12 nitrogen and oxygen atoms in total. The highest BCUT2D eigenvalue weighted by Gasteiger charge is 2.36. The second kappa shape index (κ2) is 12.1. The zero-order valence-corrected chi connectivity index (χ0v) is 22.9. The zero-order chi connectivity index (χ0) is 28.1. The molecule has 0 spiro atoms. The summed E-state index contributed by atoms with van der Waals surface area (Å²) in [6.07, 6.45) is 0.0977. The number of amides is 1. The molecule has 2 aromatic carbocycles. The average Bonchev–Trinajstić information content (AvgIpc) is 3.45. The number of rotatable bonds is 9. The topological polar surface area (TPSA) is 154 Å². The molecule has 0 saturated heterocycles. The molecule has 1 atom stereocenters. The molecule has 1 aromatic heterocycles. The number of aromatic nitrogens is 3. The van der Waals surface area contributed by atoms with E-state index >= 15 is 0 Å². The summed E-state index contributed by atoms with van der Waals surface area (Å²) in [6.45, 7) is 4.06. The van der Waals surface area contributed by atoms with E-state index in [0.29, 0.717) is 33.7 Å². The van der Waals surface area contributed by atoms with Gasteiger partial charge in [0.25, 0.3) is 5.91 Å². The Labute approximate surface area is 229 Å². The Bertz CT molecular complexity index is 1350. The highest BCUT2D eigenvalue weighted by atomic mass is 32.2. The maximum Gasteiger partial charge on any atom is 0.261 e. The Morgan fingerprint density at radius 3 is 2.33 bits per heavy atom. The fraction of sp³-hybridized carbons (Fsp3) is 0.308. The van der Waals surface area contributed by atoms with Crippen LogP contribution in [0.2, 0.25) is 0 Å². The number of thioether (sulfide) groups is 1. The van der Waals surface area contributed by atoms with Crippen molar-refractivity contribution in [1.82, 2.24) is 20.3 Å². The molecule has 0 saturated carbocycles. The Morgan fingerprint density at radius 1 is 1.13 bits per heavy atom. The Balaban J connectivity index is 1.62. The maximum absolute atomic E-state index is 13.2. The third-order valence-corrected chi connectivity index (χ3v) is 6.78. The number of aliphatic hydroxyl groups is 2. The van der Waals surface area contributed by atoms with Crippen molar-refractivity contribution in [2.24, 2.45) is 4.99 Å². The SMILES string of the molecule is COc1cc(CN2C(SC(C)C)=NC(O)=C(C(=O)Nc3ccc(-c4cnn[nH]4)cc3)C2O)cc(OC)c1OC. The number of carbonyl (C=O) groups excluding carboxylic acids is 1. The fourth-order valence-corrected chi connectivity index (χ4v) is 4.82. The molecule has 0 bridgehead atoms. The number of aromatic amines is 1. The summed E-state index contributed by atoms with van der Waals surface area (Å²) in [6, 6.07) is 10.4. The number of amidine groups is 1. The predicted octanol–water partition coefficient (Wildman–Crippen LogP) is 3.54. The molecule has 206 valence electrons. The molecule has 0 radical (unpaired) electrons. The normalized spacial score (nSPS) is 15.3. The van der Waals surface area contributed by atoms with Gasteiger partial charge in [-0.25, -0.2) is 0 Å². The van der Waals surface area contributed by atoms with E-state index in [1.807, 2.05) is 13.8 Å². The molecule has 13 heteroatoms. The van der Waals surface area contributed by atoms with Crippen molar-refractivity contribution in [2.75, 3.05) is 26.6 Å². The van der Waals surface area contributed by atoms with E-state index in [0.717, 1.165) is 11.3 Å². The van der Waals surface area contributed by atoms with Crippen LogP contribution in [0.5, 0.6) is 17.2 Å². The number of anilines is 1. The van der Waals surface area contributed by atoms with Gasteiger partial charge in [0.15, 0.2) is 22.9 Å². The summed E-state index contributed by atoms with van der Waals surface area (Å²) in [5, 5.41) is 35.5. The number of benzene rings is 2. The van der Waals surface area contributed by atoms with Gasteiger partial charge in [0.05, 0.1) is 33.2 Å². The lowest BCUT2D eigenvalue weighted by molar-refractivity contribution is -0.115. The minimum absolute atomic E-state index is 0.0881. The van der Waals surface area contributed by atoms with E-state index in [9.17, 15) is 15.0 Å². The van der Waals surface area contributed by atoms with Gasteiger partial charge >= 0.3 is 0 Å². The summed E-state index contributed by atoms with van der Waals surface area (Å²) in [5.41, 5.74) is 2.44. The smallest absolute Gasteiger partial charge is 0.261 e. The van der Waals surface area contributed by atoms with E-state index in [-0.39, 0.29) is 17.4 Å². The molecule has 0 aliphatic carbocycles. The summed E-state index contributed by atoms with van der Waals surface area (Å²) < 4.78 is 16.3. The third-order valence-electron chi connectivity index (χ3n) is 5.77. The zero-order valence-electron chi connectivity index (χ0n) is 22.1. The second-order valence-corrected chi connectivity index (χ2v) is 10.3. The van der Waals surface area contributed by atoms with Crippen molar-refractivity contribution < 1.29 is 29.2 Å². The van der Waals surface area contributed by atoms with Gasteiger partial charge in [-0.05, 0) is 29.8 Å². The monoisotopic (exact) mass is 554 g/mol. The molecule has 1 aliphatic rings. The van der Waals surface area contributed by atoms with Crippen LogP contribution in [-0.4, -0.2) is 74.4 Å². The first-order chi connectivity index (χ1) is 18.7. The fourth-order valence-electron chi connectivity index (χ4n) is 3.96. The van der Waals surface area contributed by atoms with Crippen LogP contribution in [0.25, 0.3) is 11.3 Å². The van der Waals surface area contributed by atoms with Gasteiger partial charge in [0.2, 0.25) is 11.6 Å². The van der Waals surface area contributed by atoms with Crippen LogP contribution in [0.4, 0.5) is 5.69 Å². The molecule has 39 heavy (non-hydrogen) atoms. The van der Waals surface area contributed by atoms with Crippen LogP contribution in [0.1, 0.15) is 19.4 Å². The van der Waals surface area contributed by atoms with Gasteiger partial charge in [-0.3, -0.25) is 9.89 Å². The molecular formula is C26H30N6O6S. The first-order valence-corrected chi connectivity index (χ1v) is 12.8.